The lowest BCUT2D eigenvalue weighted by molar-refractivity contribution is 0.236. The zero-order chi connectivity index (χ0) is 12.3. The van der Waals surface area contributed by atoms with Crippen molar-refractivity contribution in [2.45, 2.75) is 19.4 Å². The minimum atomic E-state index is 0.847. The first-order chi connectivity index (χ1) is 8.15. The SMILES string of the molecule is CN(Cc1cc(Br)c(Cl)s1)CC1CCNCC1. The fourth-order valence-corrected chi connectivity index (χ4v) is 4.18. The molecule has 2 nitrogen and oxygen atoms in total. The van der Waals surface area contributed by atoms with Crippen LogP contribution in [0.1, 0.15) is 17.7 Å². The van der Waals surface area contributed by atoms with Gasteiger partial charge in [0.2, 0.25) is 0 Å². The Morgan fingerprint density at radius 2 is 2.24 bits per heavy atom. The summed E-state index contributed by atoms with van der Waals surface area (Å²) in [7, 11) is 2.20. The second kappa shape index (κ2) is 6.53. The molecule has 1 aromatic rings. The van der Waals surface area contributed by atoms with Gasteiger partial charge in [-0.05, 0) is 60.9 Å². The van der Waals surface area contributed by atoms with E-state index in [9.17, 15) is 0 Å². The van der Waals surface area contributed by atoms with Crippen LogP contribution >= 0.6 is 38.9 Å². The molecule has 1 saturated heterocycles. The van der Waals surface area contributed by atoms with E-state index < -0.39 is 0 Å². The van der Waals surface area contributed by atoms with Gasteiger partial charge in [-0.2, -0.15) is 0 Å². The van der Waals surface area contributed by atoms with Gasteiger partial charge in [0.25, 0.3) is 0 Å². The summed E-state index contributed by atoms with van der Waals surface area (Å²) in [4.78, 5) is 3.74. The molecule has 5 heteroatoms. The van der Waals surface area contributed by atoms with Crippen LogP contribution in [0.3, 0.4) is 0 Å². The number of halogens is 2. The third kappa shape index (κ3) is 4.21. The molecule has 1 aliphatic rings. The highest BCUT2D eigenvalue weighted by Crippen LogP contribution is 2.32. The summed E-state index contributed by atoms with van der Waals surface area (Å²) in [5.74, 6) is 0.847. The smallest absolute Gasteiger partial charge is 0.107 e. The highest BCUT2D eigenvalue weighted by Gasteiger charge is 2.15. The Labute approximate surface area is 120 Å². The molecule has 0 atom stereocenters. The Bertz CT molecular complexity index is 344. The van der Waals surface area contributed by atoms with Gasteiger partial charge in [-0.15, -0.1) is 11.3 Å². The van der Waals surface area contributed by atoms with Crippen molar-refractivity contribution in [3.8, 4) is 0 Å². The topological polar surface area (TPSA) is 15.3 Å². The van der Waals surface area contributed by atoms with Gasteiger partial charge < -0.3 is 10.2 Å². The quantitative estimate of drug-likeness (QED) is 0.903. The van der Waals surface area contributed by atoms with Crippen molar-refractivity contribution < 1.29 is 0 Å². The van der Waals surface area contributed by atoms with Crippen molar-refractivity contribution in [3.05, 3.63) is 19.8 Å². The summed E-state index contributed by atoms with van der Waals surface area (Å²) in [5.41, 5.74) is 0. The van der Waals surface area contributed by atoms with Gasteiger partial charge in [0.1, 0.15) is 4.34 Å². The molecular formula is C12H18BrClN2S. The number of rotatable bonds is 4. The number of thiophene rings is 1. The number of nitrogens with one attached hydrogen (secondary N) is 1. The summed E-state index contributed by atoms with van der Waals surface area (Å²) < 4.78 is 1.88. The average Bonchev–Trinajstić information content (AvgIpc) is 2.59. The van der Waals surface area contributed by atoms with Crippen LogP contribution in [-0.4, -0.2) is 31.6 Å². The van der Waals surface area contributed by atoms with E-state index in [-0.39, 0.29) is 0 Å². The van der Waals surface area contributed by atoms with Crippen molar-refractivity contribution in [2.24, 2.45) is 5.92 Å². The first-order valence-electron chi connectivity index (χ1n) is 5.98. The van der Waals surface area contributed by atoms with Crippen LogP contribution < -0.4 is 5.32 Å². The fraction of sp³-hybridized carbons (Fsp3) is 0.667. The summed E-state index contributed by atoms with van der Waals surface area (Å²) in [6.07, 6.45) is 2.61. The Hall–Kier alpha value is 0.390. The third-order valence-corrected chi connectivity index (χ3v) is 5.61. The number of hydrogen-bond acceptors (Lipinski definition) is 3. The molecule has 2 rings (SSSR count). The second-order valence-electron chi connectivity index (χ2n) is 4.72. The lowest BCUT2D eigenvalue weighted by atomic mass is 9.98. The first-order valence-corrected chi connectivity index (χ1v) is 7.97. The maximum absolute atomic E-state index is 6.05. The standard InChI is InChI=1S/C12H18BrClN2S/c1-16(7-9-2-4-15-5-3-9)8-10-6-11(13)12(14)17-10/h6,9,15H,2-5,7-8H2,1H3. The van der Waals surface area contributed by atoms with Gasteiger partial charge in [0.05, 0.1) is 0 Å². The molecule has 0 radical (unpaired) electrons. The Balaban J connectivity index is 1.81. The van der Waals surface area contributed by atoms with Gasteiger partial charge in [0, 0.05) is 22.4 Å². The number of piperidine rings is 1. The Morgan fingerprint density at radius 1 is 1.53 bits per heavy atom. The highest BCUT2D eigenvalue weighted by molar-refractivity contribution is 9.10. The lowest BCUT2D eigenvalue weighted by Crippen LogP contribution is -2.34. The zero-order valence-corrected chi connectivity index (χ0v) is 13.2. The molecule has 1 aliphatic heterocycles. The molecule has 2 heterocycles. The monoisotopic (exact) mass is 336 g/mol. The summed E-state index contributed by atoms with van der Waals surface area (Å²) in [5, 5.41) is 3.41. The van der Waals surface area contributed by atoms with E-state index in [1.54, 1.807) is 11.3 Å². The largest absolute Gasteiger partial charge is 0.317 e. The van der Waals surface area contributed by atoms with Crippen molar-refractivity contribution in [3.63, 3.8) is 0 Å². The van der Waals surface area contributed by atoms with Crippen LogP contribution in [0.15, 0.2) is 10.5 Å². The molecule has 0 bridgehead atoms. The van der Waals surface area contributed by atoms with Gasteiger partial charge >= 0.3 is 0 Å². The fourth-order valence-electron chi connectivity index (χ4n) is 2.30. The van der Waals surface area contributed by atoms with Gasteiger partial charge in [0.15, 0.2) is 0 Å². The van der Waals surface area contributed by atoms with Crippen molar-refractivity contribution in [1.29, 1.82) is 0 Å². The van der Waals surface area contributed by atoms with Crippen molar-refractivity contribution in [2.75, 3.05) is 26.7 Å². The van der Waals surface area contributed by atoms with E-state index in [4.69, 9.17) is 11.6 Å². The van der Waals surface area contributed by atoms with Gasteiger partial charge in [-0.1, -0.05) is 11.6 Å². The Kier molecular flexibility index (Phi) is 5.30. The predicted molar refractivity (Wildman–Crippen MR) is 79.0 cm³/mol. The van der Waals surface area contributed by atoms with Crippen LogP contribution in [0.4, 0.5) is 0 Å². The molecular weight excluding hydrogens is 320 g/mol. The molecule has 0 amide bonds. The molecule has 1 aromatic heterocycles. The molecule has 17 heavy (non-hydrogen) atoms. The first kappa shape index (κ1) is 13.8. The lowest BCUT2D eigenvalue weighted by Gasteiger charge is -2.27. The Morgan fingerprint density at radius 3 is 2.82 bits per heavy atom. The van der Waals surface area contributed by atoms with Crippen molar-refractivity contribution >= 4 is 38.9 Å². The van der Waals surface area contributed by atoms with Gasteiger partial charge in [-0.3, -0.25) is 0 Å². The van der Waals surface area contributed by atoms with Crippen LogP contribution in [0.2, 0.25) is 4.34 Å². The number of nitrogens with zero attached hydrogens (tertiary/aromatic N) is 1. The minimum absolute atomic E-state index is 0.847. The van der Waals surface area contributed by atoms with Crippen LogP contribution in [0, 0.1) is 5.92 Å². The molecule has 0 spiro atoms. The minimum Gasteiger partial charge on any atom is -0.317 e. The number of hydrogen-bond donors (Lipinski definition) is 1. The average molecular weight is 338 g/mol. The van der Waals surface area contributed by atoms with Gasteiger partial charge in [-0.25, -0.2) is 0 Å². The molecule has 0 saturated carbocycles. The van der Waals surface area contributed by atoms with Crippen molar-refractivity contribution in [1.82, 2.24) is 10.2 Å². The normalized spacial score (nSPS) is 17.9. The van der Waals surface area contributed by atoms with E-state index in [1.807, 2.05) is 0 Å². The second-order valence-corrected chi connectivity index (χ2v) is 7.32. The molecule has 0 unspecified atom stereocenters. The van der Waals surface area contributed by atoms with Crippen LogP contribution in [0.25, 0.3) is 0 Å². The highest BCUT2D eigenvalue weighted by atomic mass is 79.9. The van der Waals surface area contributed by atoms with E-state index in [1.165, 1.54) is 37.4 Å². The van der Waals surface area contributed by atoms with Crippen LogP contribution in [0.5, 0.6) is 0 Å². The zero-order valence-electron chi connectivity index (χ0n) is 10.0. The maximum Gasteiger partial charge on any atom is 0.107 e. The van der Waals surface area contributed by atoms with E-state index >= 15 is 0 Å². The maximum atomic E-state index is 6.05. The predicted octanol–water partition coefficient (Wildman–Crippen LogP) is 3.60. The molecule has 96 valence electrons. The summed E-state index contributed by atoms with van der Waals surface area (Å²) >= 11 is 11.2. The van der Waals surface area contributed by atoms with Crippen LogP contribution in [-0.2, 0) is 6.54 Å². The van der Waals surface area contributed by atoms with E-state index in [0.29, 0.717) is 0 Å². The molecule has 0 aliphatic carbocycles. The molecule has 0 aromatic carbocycles. The third-order valence-electron chi connectivity index (χ3n) is 3.15. The molecule has 1 fully saturated rings. The van der Waals surface area contributed by atoms with E-state index in [0.717, 1.165) is 21.3 Å². The van der Waals surface area contributed by atoms with E-state index in [2.05, 4.69) is 39.3 Å². The summed E-state index contributed by atoms with van der Waals surface area (Å²) in [6.45, 7) is 4.54. The molecule has 1 N–H and O–H groups in total. The summed E-state index contributed by atoms with van der Waals surface area (Å²) in [6, 6.07) is 2.13.